The van der Waals surface area contributed by atoms with Gasteiger partial charge in [-0.3, -0.25) is 4.79 Å². The van der Waals surface area contributed by atoms with Crippen LogP contribution in [0.4, 0.5) is 0 Å². The smallest absolute Gasteiger partial charge is 0.279 e. The third-order valence-corrected chi connectivity index (χ3v) is 3.84. The zero-order valence-electron chi connectivity index (χ0n) is 12.5. The maximum atomic E-state index is 12.1. The van der Waals surface area contributed by atoms with Gasteiger partial charge in [-0.25, -0.2) is 4.99 Å². The molecule has 1 aromatic rings. The van der Waals surface area contributed by atoms with E-state index in [0.717, 1.165) is 62.8 Å². The van der Waals surface area contributed by atoms with Gasteiger partial charge in [-0.15, -0.1) is 0 Å². The average Bonchev–Trinajstić information content (AvgIpc) is 2.91. The van der Waals surface area contributed by atoms with Crippen LogP contribution in [0.2, 0.25) is 0 Å². The lowest BCUT2D eigenvalue weighted by atomic mass is 10.0. The second-order valence-electron chi connectivity index (χ2n) is 5.48. The van der Waals surface area contributed by atoms with Gasteiger partial charge in [0.25, 0.3) is 5.91 Å². The first-order chi connectivity index (χ1) is 9.69. The van der Waals surface area contributed by atoms with Gasteiger partial charge >= 0.3 is 0 Å². The quantitative estimate of drug-likeness (QED) is 0.705. The largest absolute Gasteiger partial charge is 0.494 e. The van der Waals surface area contributed by atoms with Crippen molar-refractivity contribution in [3.63, 3.8) is 0 Å². The van der Waals surface area contributed by atoms with E-state index < -0.39 is 0 Å². The van der Waals surface area contributed by atoms with E-state index in [1.54, 1.807) is 0 Å². The van der Waals surface area contributed by atoms with E-state index in [2.05, 4.69) is 23.8 Å². The topological polar surface area (TPSA) is 65.5 Å². The molecular weight excluding hydrogens is 252 g/mol. The molecule has 0 saturated carbocycles. The first-order valence-corrected chi connectivity index (χ1v) is 7.75. The Bertz CT molecular complexity index is 515. The Morgan fingerprint density at radius 2 is 1.65 bits per heavy atom. The molecule has 1 aliphatic rings. The molecule has 1 amide bonds. The lowest BCUT2D eigenvalue weighted by Crippen LogP contribution is -1.97. The number of aryl methyl sites for hydroxylation is 1. The number of rotatable bonds is 8. The second-order valence-corrected chi connectivity index (χ2v) is 5.48. The van der Waals surface area contributed by atoms with Gasteiger partial charge in [-0.1, -0.05) is 39.5 Å². The number of hydrogen-bond acceptors (Lipinski definition) is 2. The molecule has 110 valence electrons. The minimum absolute atomic E-state index is 0.118. The Balaban J connectivity index is 2.14. The summed E-state index contributed by atoms with van der Waals surface area (Å²) in [7, 11) is 0. The van der Waals surface area contributed by atoms with Crippen LogP contribution in [-0.4, -0.2) is 21.7 Å². The molecule has 1 aliphatic heterocycles. The number of nitrogens with zero attached hydrogens (tertiary/aromatic N) is 1. The van der Waals surface area contributed by atoms with Gasteiger partial charge in [0.2, 0.25) is 0 Å². The molecule has 0 atom stereocenters. The number of carbonyl (C=O) groups excluding carboxylic acids is 1. The Kier molecular flexibility index (Phi) is 4.99. The van der Waals surface area contributed by atoms with Crippen LogP contribution in [0.5, 0.6) is 5.88 Å². The first kappa shape index (κ1) is 14.8. The lowest BCUT2D eigenvalue weighted by molar-refractivity contribution is 0.101. The average molecular weight is 276 g/mol. The van der Waals surface area contributed by atoms with Crippen LogP contribution in [0, 0.1) is 0 Å². The molecule has 4 nitrogen and oxygen atoms in total. The molecule has 2 rings (SSSR count). The molecule has 0 spiro atoms. The molecule has 1 aromatic heterocycles. The summed E-state index contributed by atoms with van der Waals surface area (Å²) in [5, 5.41) is 10.1. The van der Waals surface area contributed by atoms with Gasteiger partial charge in [0.05, 0.1) is 16.8 Å². The van der Waals surface area contributed by atoms with Crippen LogP contribution in [-0.2, 0) is 6.42 Å². The summed E-state index contributed by atoms with van der Waals surface area (Å²) < 4.78 is 0. The number of aromatic amines is 1. The van der Waals surface area contributed by atoms with Crippen molar-refractivity contribution in [3.8, 4) is 5.88 Å². The molecule has 0 aliphatic carbocycles. The van der Waals surface area contributed by atoms with Crippen LogP contribution in [0.15, 0.2) is 4.99 Å². The van der Waals surface area contributed by atoms with E-state index in [9.17, 15) is 9.90 Å². The molecule has 0 bridgehead atoms. The molecule has 0 aromatic carbocycles. The number of aromatic nitrogens is 1. The molecule has 2 N–H and O–H groups in total. The summed E-state index contributed by atoms with van der Waals surface area (Å²) in [6.45, 7) is 4.29. The SMILES string of the molecule is CCCCCC1=NC(=O)c2c(CCCCC)[nH]c(O)c21. The standard InChI is InChI=1S/C16H24N2O2/c1-3-5-7-9-11-13-14(16(20)17-11)12(18-15(13)19)10-8-6-4-2/h17,20H,3-10H2,1-2H3. The highest BCUT2D eigenvalue weighted by Gasteiger charge is 2.31. The zero-order valence-corrected chi connectivity index (χ0v) is 12.5. The number of amides is 1. The maximum absolute atomic E-state index is 12.1. The van der Waals surface area contributed by atoms with Crippen molar-refractivity contribution < 1.29 is 9.90 Å². The van der Waals surface area contributed by atoms with E-state index >= 15 is 0 Å². The van der Waals surface area contributed by atoms with Crippen LogP contribution in [0.1, 0.15) is 80.4 Å². The second kappa shape index (κ2) is 6.73. The van der Waals surface area contributed by atoms with E-state index in [-0.39, 0.29) is 11.8 Å². The number of unbranched alkanes of at least 4 members (excludes halogenated alkanes) is 4. The molecule has 0 saturated heterocycles. The maximum Gasteiger partial charge on any atom is 0.279 e. The fourth-order valence-corrected chi connectivity index (χ4v) is 2.75. The van der Waals surface area contributed by atoms with Gasteiger partial charge in [-0.2, -0.15) is 0 Å². The highest BCUT2D eigenvalue weighted by molar-refractivity contribution is 6.23. The fourth-order valence-electron chi connectivity index (χ4n) is 2.75. The minimum Gasteiger partial charge on any atom is -0.494 e. The number of aliphatic imine (C=N–C) groups is 1. The van der Waals surface area contributed by atoms with Crippen molar-refractivity contribution >= 4 is 11.6 Å². The summed E-state index contributed by atoms with van der Waals surface area (Å²) in [5.41, 5.74) is 2.89. The fraction of sp³-hybridized carbons (Fsp3) is 0.625. The summed E-state index contributed by atoms with van der Waals surface area (Å²) in [5.74, 6) is -0.0675. The summed E-state index contributed by atoms with van der Waals surface area (Å²) >= 11 is 0. The number of fused-ring (bicyclic) bond motifs is 1. The van der Waals surface area contributed by atoms with Crippen molar-refractivity contribution in [2.45, 2.75) is 65.2 Å². The van der Waals surface area contributed by atoms with Crippen molar-refractivity contribution in [1.82, 2.24) is 4.98 Å². The van der Waals surface area contributed by atoms with Gasteiger partial charge in [0, 0.05) is 5.69 Å². The summed E-state index contributed by atoms with van der Waals surface area (Å²) in [6, 6.07) is 0. The van der Waals surface area contributed by atoms with E-state index in [1.165, 1.54) is 0 Å². The number of carbonyl (C=O) groups is 1. The minimum atomic E-state index is -0.186. The Hall–Kier alpha value is -1.58. The van der Waals surface area contributed by atoms with Crippen molar-refractivity contribution in [2.24, 2.45) is 4.99 Å². The van der Waals surface area contributed by atoms with Gasteiger partial charge in [-0.05, 0) is 25.7 Å². The van der Waals surface area contributed by atoms with E-state index in [0.29, 0.717) is 11.1 Å². The predicted octanol–water partition coefficient (Wildman–Crippen LogP) is 3.98. The monoisotopic (exact) mass is 276 g/mol. The summed E-state index contributed by atoms with van der Waals surface area (Å²) in [6.07, 6.45) is 8.15. The van der Waals surface area contributed by atoms with Crippen molar-refractivity contribution in [2.75, 3.05) is 0 Å². The number of H-pyrrole nitrogens is 1. The van der Waals surface area contributed by atoms with Crippen molar-refractivity contribution in [1.29, 1.82) is 0 Å². The lowest BCUT2D eigenvalue weighted by Gasteiger charge is -1.99. The zero-order chi connectivity index (χ0) is 14.5. The first-order valence-electron chi connectivity index (χ1n) is 7.75. The Morgan fingerprint density at radius 1 is 1.00 bits per heavy atom. The van der Waals surface area contributed by atoms with Crippen LogP contribution in [0.25, 0.3) is 0 Å². The predicted molar refractivity (Wildman–Crippen MR) is 80.7 cm³/mol. The Labute approximate surface area is 120 Å². The normalized spacial score (nSPS) is 13.7. The van der Waals surface area contributed by atoms with Gasteiger partial charge < -0.3 is 10.1 Å². The van der Waals surface area contributed by atoms with E-state index in [4.69, 9.17) is 0 Å². The number of hydrogen-bond donors (Lipinski definition) is 2. The summed E-state index contributed by atoms with van der Waals surface area (Å²) in [4.78, 5) is 19.2. The molecule has 4 heteroatoms. The van der Waals surface area contributed by atoms with Crippen LogP contribution < -0.4 is 0 Å². The number of aromatic hydroxyl groups is 1. The molecule has 20 heavy (non-hydrogen) atoms. The molecule has 2 heterocycles. The van der Waals surface area contributed by atoms with Crippen LogP contribution >= 0.6 is 0 Å². The number of nitrogens with one attached hydrogen (secondary N) is 1. The van der Waals surface area contributed by atoms with E-state index in [1.807, 2.05) is 0 Å². The molecular formula is C16H24N2O2. The van der Waals surface area contributed by atoms with Gasteiger partial charge in [0.1, 0.15) is 0 Å². The van der Waals surface area contributed by atoms with Gasteiger partial charge in [0.15, 0.2) is 5.88 Å². The highest BCUT2D eigenvalue weighted by atomic mass is 16.3. The molecule has 0 fully saturated rings. The highest BCUT2D eigenvalue weighted by Crippen LogP contribution is 2.33. The molecule has 0 unspecified atom stereocenters. The third kappa shape index (κ3) is 2.94. The Morgan fingerprint density at radius 3 is 2.30 bits per heavy atom. The van der Waals surface area contributed by atoms with Crippen molar-refractivity contribution in [3.05, 3.63) is 16.8 Å². The third-order valence-electron chi connectivity index (χ3n) is 3.84. The van der Waals surface area contributed by atoms with Crippen LogP contribution in [0.3, 0.4) is 0 Å². The molecule has 0 radical (unpaired) electrons.